The van der Waals surface area contributed by atoms with Crippen LogP contribution in [0.5, 0.6) is 0 Å². The fourth-order valence-electron chi connectivity index (χ4n) is 2.87. The van der Waals surface area contributed by atoms with Crippen molar-refractivity contribution in [1.82, 2.24) is 0 Å². The average molecular weight is 339 g/mol. The third-order valence-electron chi connectivity index (χ3n) is 4.25. The molecular weight excluding hydrogens is 320 g/mol. The lowest BCUT2D eigenvalue weighted by Crippen LogP contribution is -2.23. The van der Waals surface area contributed by atoms with Crippen molar-refractivity contribution in [3.05, 3.63) is 83.9 Å². The Balaban J connectivity index is 2.10. The number of fused-ring (bicyclic) bond motifs is 1. The molecule has 1 atom stereocenters. The highest BCUT2D eigenvalue weighted by atomic mass is 79.9. The van der Waals surface area contributed by atoms with Gasteiger partial charge in [0, 0.05) is 10.2 Å². The third kappa shape index (κ3) is 2.63. The SMILES string of the molecule is CC(C)(c1ccccc1)C(Br)c1cccc2ccccc12. The fourth-order valence-corrected chi connectivity index (χ4v) is 3.54. The minimum absolute atomic E-state index is 0.0192. The Kier molecular flexibility index (Phi) is 3.86. The van der Waals surface area contributed by atoms with Crippen LogP contribution in [0.15, 0.2) is 72.8 Å². The highest BCUT2D eigenvalue weighted by Crippen LogP contribution is 2.44. The molecule has 21 heavy (non-hydrogen) atoms. The van der Waals surface area contributed by atoms with Crippen molar-refractivity contribution in [3.63, 3.8) is 0 Å². The van der Waals surface area contributed by atoms with Crippen molar-refractivity contribution in [2.75, 3.05) is 0 Å². The first-order chi connectivity index (χ1) is 10.1. The molecule has 3 rings (SSSR count). The Morgan fingerprint density at radius 3 is 2.14 bits per heavy atom. The van der Waals surface area contributed by atoms with Gasteiger partial charge in [0.2, 0.25) is 0 Å². The van der Waals surface area contributed by atoms with Crippen molar-refractivity contribution in [1.29, 1.82) is 0 Å². The molecule has 0 saturated carbocycles. The zero-order valence-electron chi connectivity index (χ0n) is 12.4. The van der Waals surface area contributed by atoms with Crippen molar-refractivity contribution in [2.45, 2.75) is 24.1 Å². The Morgan fingerprint density at radius 1 is 0.762 bits per heavy atom. The van der Waals surface area contributed by atoms with E-state index in [9.17, 15) is 0 Å². The van der Waals surface area contributed by atoms with Crippen LogP contribution in [-0.2, 0) is 5.41 Å². The van der Waals surface area contributed by atoms with E-state index in [1.165, 1.54) is 21.9 Å². The first kappa shape index (κ1) is 14.3. The molecule has 106 valence electrons. The summed E-state index contributed by atoms with van der Waals surface area (Å²) in [4.78, 5) is 0.262. The van der Waals surface area contributed by atoms with Gasteiger partial charge in [0.15, 0.2) is 0 Å². The second kappa shape index (κ2) is 5.65. The van der Waals surface area contributed by atoms with E-state index in [1.807, 2.05) is 0 Å². The normalized spacial score (nSPS) is 13.3. The van der Waals surface area contributed by atoms with Gasteiger partial charge in [0.05, 0.1) is 0 Å². The summed E-state index contributed by atoms with van der Waals surface area (Å²) < 4.78 is 0. The number of hydrogen-bond acceptors (Lipinski definition) is 0. The van der Waals surface area contributed by atoms with Crippen molar-refractivity contribution >= 4 is 26.7 Å². The summed E-state index contributed by atoms with van der Waals surface area (Å²) >= 11 is 3.97. The summed E-state index contributed by atoms with van der Waals surface area (Å²) in [5.74, 6) is 0. The zero-order chi connectivity index (χ0) is 14.9. The topological polar surface area (TPSA) is 0 Å². The first-order valence-corrected chi connectivity index (χ1v) is 8.19. The Morgan fingerprint density at radius 2 is 1.38 bits per heavy atom. The molecule has 1 heteroatoms. The Labute approximate surface area is 134 Å². The Hall–Kier alpha value is -1.60. The summed E-state index contributed by atoms with van der Waals surface area (Å²) in [7, 11) is 0. The lowest BCUT2D eigenvalue weighted by Gasteiger charge is -2.32. The van der Waals surface area contributed by atoms with Crippen molar-refractivity contribution in [3.8, 4) is 0 Å². The molecule has 0 aliphatic heterocycles. The molecule has 0 aliphatic carbocycles. The summed E-state index contributed by atoms with van der Waals surface area (Å²) in [6.07, 6.45) is 0. The van der Waals surface area contributed by atoms with Gasteiger partial charge in [-0.25, -0.2) is 0 Å². The van der Waals surface area contributed by atoms with Crippen LogP contribution in [0.1, 0.15) is 29.8 Å². The molecule has 3 aromatic carbocycles. The quantitative estimate of drug-likeness (QED) is 0.495. The van der Waals surface area contributed by atoms with E-state index < -0.39 is 0 Å². The molecule has 0 heterocycles. The maximum atomic E-state index is 3.97. The van der Waals surface area contributed by atoms with E-state index in [1.54, 1.807) is 0 Å². The monoisotopic (exact) mass is 338 g/mol. The molecule has 0 bridgehead atoms. The van der Waals surface area contributed by atoms with Crippen LogP contribution in [0.25, 0.3) is 10.8 Å². The largest absolute Gasteiger partial charge is 0.0829 e. The van der Waals surface area contributed by atoms with Gasteiger partial charge in [-0.05, 0) is 21.9 Å². The minimum Gasteiger partial charge on any atom is -0.0829 e. The van der Waals surface area contributed by atoms with Crippen LogP contribution >= 0.6 is 15.9 Å². The third-order valence-corrected chi connectivity index (χ3v) is 5.89. The molecule has 0 N–H and O–H groups in total. The molecule has 1 unspecified atom stereocenters. The maximum Gasteiger partial charge on any atom is 0.0492 e. The molecule has 0 nitrogen and oxygen atoms in total. The highest BCUT2D eigenvalue weighted by molar-refractivity contribution is 9.09. The van der Waals surface area contributed by atoms with Crippen LogP contribution in [0, 0.1) is 0 Å². The van der Waals surface area contributed by atoms with E-state index in [0.717, 1.165) is 0 Å². The number of halogens is 1. The standard InChI is InChI=1S/C20H19Br/c1-20(2,16-11-4-3-5-12-16)19(21)18-14-8-10-15-9-6-7-13-17(15)18/h3-14,19H,1-2H3. The number of rotatable bonds is 3. The van der Waals surface area contributed by atoms with Gasteiger partial charge in [0.25, 0.3) is 0 Å². The van der Waals surface area contributed by atoms with Gasteiger partial charge in [-0.15, -0.1) is 0 Å². The smallest absolute Gasteiger partial charge is 0.0492 e. The van der Waals surface area contributed by atoms with Gasteiger partial charge in [-0.2, -0.15) is 0 Å². The lowest BCUT2D eigenvalue weighted by atomic mass is 9.78. The van der Waals surface area contributed by atoms with Gasteiger partial charge >= 0.3 is 0 Å². The predicted molar refractivity (Wildman–Crippen MR) is 95.1 cm³/mol. The van der Waals surface area contributed by atoms with E-state index in [0.29, 0.717) is 0 Å². The first-order valence-electron chi connectivity index (χ1n) is 7.28. The molecule has 0 aliphatic rings. The maximum absolute atomic E-state index is 3.97. The second-order valence-corrected chi connectivity index (χ2v) is 6.93. The van der Waals surface area contributed by atoms with Crippen LogP contribution in [0.3, 0.4) is 0 Å². The number of alkyl halides is 1. The van der Waals surface area contributed by atoms with Crippen LogP contribution < -0.4 is 0 Å². The zero-order valence-corrected chi connectivity index (χ0v) is 14.0. The van der Waals surface area contributed by atoms with Crippen LogP contribution in [0.4, 0.5) is 0 Å². The molecule has 0 amide bonds. The molecular formula is C20H19Br. The molecule has 0 spiro atoms. The lowest BCUT2D eigenvalue weighted by molar-refractivity contribution is 0.519. The van der Waals surface area contributed by atoms with Gasteiger partial charge in [-0.3, -0.25) is 0 Å². The van der Waals surface area contributed by atoms with E-state index in [4.69, 9.17) is 0 Å². The summed E-state index contributed by atoms with van der Waals surface area (Å²) in [5, 5.41) is 2.62. The fraction of sp³-hybridized carbons (Fsp3) is 0.200. The Bertz CT molecular complexity index is 739. The van der Waals surface area contributed by atoms with E-state index in [-0.39, 0.29) is 10.2 Å². The average Bonchev–Trinajstić information content (AvgIpc) is 2.54. The predicted octanol–water partition coefficient (Wildman–Crippen LogP) is 6.25. The molecule has 3 aromatic rings. The van der Waals surface area contributed by atoms with Crippen molar-refractivity contribution < 1.29 is 0 Å². The second-order valence-electron chi connectivity index (χ2n) is 6.02. The van der Waals surface area contributed by atoms with Crippen LogP contribution in [0.2, 0.25) is 0 Å². The molecule has 0 fully saturated rings. The summed E-state index contributed by atoms with van der Waals surface area (Å²) in [5.41, 5.74) is 2.72. The van der Waals surface area contributed by atoms with Gasteiger partial charge in [-0.1, -0.05) is 103 Å². The number of benzene rings is 3. The number of hydrogen-bond donors (Lipinski definition) is 0. The summed E-state index contributed by atoms with van der Waals surface area (Å²) in [6, 6.07) is 25.8. The van der Waals surface area contributed by atoms with E-state index in [2.05, 4.69) is 103 Å². The van der Waals surface area contributed by atoms with E-state index >= 15 is 0 Å². The molecule has 0 radical (unpaired) electrons. The highest BCUT2D eigenvalue weighted by Gasteiger charge is 2.31. The minimum atomic E-state index is 0.0192. The molecule has 0 saturated heterocycles. The van der Waals surface area contributed by atoms with Crippen molar-refractivity contribution in [2.24, 2.45) is 0 Å². The summed E-state index contributed by atoms with van der Waals surface area (Å²) in [6.45, 7) is 4.59. The van der Waals surface area contributed by atoms with Crippen LogP contribution in [-0.4, -0.2) is 0 Å². The van der Waals surface area contributed by atoms with Gasteiger partial charge < -0.3 is 0 Å². The molecule has 0 aromatic heterocycles. The van der Waals surface area contributed by atoms with Gasteiger partial charge in [0.1, 0.15) is 0 Å².